The Morgan fingerprint density at radius 3 is 2.61 bits per heavy atom. The van der Waals surface area contributed by atoms with Crippen molar-refractivity contribution in [3.05, 3.63) is 69.7 Å². The SMILES string of the molecule is COc1ccc(CSCCCc2cnc(NCCSCc3nc[nH]c3C)[nH]c2=O)cc1. The molecule has 0 spiro atoms. The molecule has 3 N–H and O–H groups in total. The van der Waals surface area contributed by atoms with Crippen LogP contribution in [-0.4, -0.2) is 45.1 Å². The van der Waals surface area contributed by atoms with Crippen LogP contribution in [0.25, 0.3) is 0 Å². The smallest absolute Gasteiger partial charge is 0.255 e. The van der Waals surface area contributed by atoms with E-state index in [4.69, 9.17) is 4.74 Å². The predicted molar refractivity (Wildman–Crippen MR) is 130 cm³/mol. The summed E-state index contributed by atoms with van der Waals surface area (Å²) in [6, 6.07) is 8.14. The van der Waals surface area contributed by atoms with Gasteiger partial charge in [-0.3, -0.25) is 9.78 Å². The minimum absolute atomic E-state index is 0.0579. The second-order valence-electron chi connectivity index (χ2n) is 7.04. The van der Waals surface area contributed by atoms with Gasteiger partial charge in [0.15, 0.2) is 0 Å². The number of nitrogens with one attached hydrogen (secondary N) is 3. The van der Waals surface area contributed by atoms with Crippen molar-refractivity contribution in [3.63, 3.8) is 0 Å². The van der Waals surface area contributed by atoms with E-state index in [1.54, 1.807) is 31.4 Å². The van der Waals surface area contributed by atoms with Crippen LogP contribution in [0.2, 0.25) is 0 Å². The first-order chi connectivity index (χ1) is 15.2. The highest BCUT2D eigenvalue weighted by Crippen LogP contribution is 2.17. The Hall–Kier alpha value is -2.39. The first-order valence-electron chi connectivity index (χ1n) is 10.2. The Balaban J connectivity index is 1.31. The number of nitrogens with zero attached hydrogens (tertiary/aromatic N) is 2. The van der Waals surface area contributed by atoms with E-state index in [0.29, 0.717) is 5.95 Å². The van der Waals surface area contributed by atoms with E-state index in [0.717, 1.165) is 65.1 Å². The summed E-state index contributed by atoms with van der Waals surface area (Å²) in [4.78, 5) is 26.9. The van der Waals surface area contributed by atoms with Crippen molar-refractivity contribution in [3.8, 4) is 5.75 Å². The number of rotatable bonds is 13. The van der Waals surface area contributed by atoms with Crippen molar-refractivity contribution in [1.29, 1.82) is 0 Å². The molecule has 2 heterocycles. The predicted octanol–water partition coefficient (Wildman–Crippen LogP) is 4.02. The zero-order valence-electron chi connectivity index (χ0n) is 17.9. The summed E-state index contributed by atoms with van der Waals surface area (Å²) in [6.07, 6.45) is 5.09. The molecule has 1 aromatic carbocycles. The van der Waals surface area contributed by atoms with Gasteiger partial charge >= 0.3 is 0 Å². The normalized spacial score (nSPS) is 10.9. The second kappa shape index (κ2) is 12.5. The standard InChI is InChI=1S/C22H29N5O2S2/c1-16-20(26-15-25-16)14-31-11-9-23-22-24-12-18(21(28)27-22)4-3-10-30-13-17-5-7-19(29-2)8-6-17/h5-8,12,15H,3-4,9-11,13-14H2,1-2H3,(H,25,26)(H2,23,24,27,28). The second-order valence-corrected chi connectivity index (χ2v) is 9.25. The Kier molecular flexibility index (Phi) is 9.36. The maximum Gasteiger partial charge on any atom is 0.255 e. The molecule has 0 amide bonds. The lowest BCUT2D eigenvalue weighted by Gasteiger charge is -2.07. The molecule has 166 valence electrons. The van der Waals surface area contributed by atoms with Crippen molar-refractivity contribution in [2.75, 3.05) is 30.5 Å². The Bertz CT molecular complexity index is 988. The van der Waals surface area contributed by atoms with Crippen molar-refractivity contribution < 1.29 is 4.74 Å². The van der Waals surface area contributed by atoms with E-state index in [2.05, 4.69) is 37.4 Å². The van der Waals surface area contributed by atoms with Gasteiger partial charge in [-0.05, 0) is 43.2 Å². The largest absolute Gasteiger partial charge is 0.497 e. The number of aryl methyl sites for hydroxylation is 2. The average Bonchev–Trinajstić information content (AvgIpc) is 3.19. The van der Waals surface area contributed by atoms with Crippen LogP contribution in [0.5, 0.6) is 5.75 Å². The lowest BCUT2D eigenvalue weighted by molar-refractivity contribution is 0.414. The Labute approximate surface area is 191 Å². The number of ether oxygens (including phenoxy) is 1. The monoisotopic (exact) mass is 459 g/mol. The fourth-order valence-electron chi connectivity index (χ4n) is 2.91. The number of imidazole rings is 1. The van der Waals surface area contributed by atoms with Crippen LogP contribution in [0, 0.1) is 6.92 Å². The molecule has 7 nitrogen and oxygen atoms in total. The number of aromatic amines is 2. The van der Waals surface area contributed by atoms with Crippen molar-refractivity contribution >= 4 is 29.5 Å². The van der Waals surface area contributed by atoms with E-state index in [-0.39, 0.29) is 5.56 Å². The molecule has 0 radical (unpaired) electrons. The van der Waals surface area contributed by atoms with Gasteiger partial charge in [0.1, 0.15) is 5.75 Å². The number of methoxy groups -OCH3 is 1. The van der Waals surface area contributed by atoms with Crippen molar-refractivity contribution in [2.24, 2.45) is 0 Å². The van der Waals surface area contributed by atoms with Gasteiger partial charge in [-0.15, -0.1) is 0 Å². The quantitative estimate of drug-likeness (QED) is 0.332. The summed E-state index contributed by atoms with van der Waals surface area (Å²) < 4.78 is 5.18. The molecular formula is C22H29N5O2S2. The molecule has 0 aliphatic heterocycles. The minimum Gasteiger partial charge on any atom is -0.497 e. The summed E-state index contributed by atoms with van der Waals surface area (Å²) in [5, 5.41) is 3.18. The molecule has 31 heavy (non-hydrogen) atoms. The lowest BCUT2D eigenvalue weighted by Crippen LogP contribution is -2.18. The third kappa shape index (κ3) is 7.66. The molecule has 3 aromatic rings. The van der Waals surface area contributed by atoms with Gasteiger partial charge in [0.25, 0.3) is 5.56 Å². The molecule has 3 rings (SSSR count). The first kappa shape index (κ1) is 23.3. The van der Waals surface area contributed by atoms with E-state index < -0.39 is 0 Å². The van der Waals surface area contributed by atoms with Gasteiger partial charge in [-0.25, -0.2) is 9.97 Å². The fraction of sp³-hybridized carbons (Fsp3) is 0.409. The number of H-pyrrole nitrogens is 2. The minimum atomic E-state index is -0.0579. The van der Waals surface area contributed by atoms with Gasteiger partial charge in [-0.1, -0.05) is 12.1 Å². The van der Waals surface area contributed by atoms with Crippen LogP contribution in [0.3, 0.4) is 0 Å². The molecule has 0 atom stereocenters. The molecule has 0 saturated carbocycles. The highest BCUT2D eigenvalue weighted by atomic mass is 32.2. The van der Waals surface area contributed by atoms with E-state index in [1.807, 2.05) is 30.8 Å². The number of benzene rings is 1. The summed E-state index contributed by atoms with van der Waals surface area (Å²) >= 11 is 3.66. The van der Waals surface area contributed by atoms with Gasteiger partial charge in [0.2, 0.25) is 5.95 Å². The number of anilines is 1. The number of aromatic nitrogens is 4. The number of hydrogen-bond acceptors (Lipinski definition) is 7. The van der Waals surface area contributed by atoms with Crippen molar-refractivity contribution in [2.45, 2.75) is 31.3 Å². The first-order valence-corrected chi connectivity index (χ1v) is 12.6. The third-order valence-corrected chi connectivity index (χ3v) is 6.83. The number of thioether (sulfide) groups is 2. The highest BCUT2D eigenvalue weighted by molar-refractivity contribution is 7.98. The van der Waals surface area contributed by atoms with Gasteiger partial charge < -0.3 is 15.0 Å². The van der Waals surface area contributed by atoms with Crippen molar-refractivity contribution in [1.82, 2.24) is 19.9 Å². The molecule has 0 aliphatic rings. The maximum absolute atomic E-state index is 12.3. The van der Waals surface area contributed by atoms with Crippen LogP contribution in [0.15, 0.2) is 41.6 Å². The topological polar surface area (TPSA) is 95.7 Å². The molecular weight excluding hydrogens is 430 g/mol. The zero-order valence-corrected chi connectivity index (χ0v) is 19.6. The molecule has 0 unspecified atom stereocenters. The van der Waals surface area contributed by atoms with Gasteiger partial charge in [0.05, 0.1) is 19.1 Å². The summed E-state index contributed by atoms with van der Waals surface area (Å²) in [6.45, 7) is 2.76. The maximum atomic E-state index is 12.3. The van der Waals surface area contributed by atoms with Gasteiger partial charge in [-0.2, -0.15) is 23.5 Å². The van der Waals surface area contributed by atoms with Crippen LogP contribution in [0.4, 0.5) is 5.95 Å². The third-order valence-electron chi connectivity index (χ3n) is 4.75. The average molecular weight is 460 g/mol. The fourth-order valence-corrected chi connectivity index (χ4v) is 4.70. The van der Waals surface area contributed by atoms with Crippen LogP contribution in [-0.2, 0) is 17.9 Å². The Morgan fingerprint density at radius 1 is 1.10 bits per heavy atom. The zero-order chi connectivity index (χ0) is 21.9. The highest BCUT2D eigenvalue weighted by Gasteiger charge is 2.04. The molecule has 2 aromatic heterocycles. The summed E-state index contributed by atoms with van der Waals surface area (Å²) in [7, 11) is 1.67. The van der Waals surface area contributed by atoms with E-state index in [1.165, 1.54) is 5.56 Å². The lowest BCUT2D eigenvalue weighted by atomic mass is 10.2. The van der Waals surface area contributed by atoms with Crippen LogP contribution < -0.4 is 15.6 Å². The molecule has 0 fully saturated rings. The van der Waals surface area contributed by atoms with E-state index >= 15 is 0 Å². The number of hydrogen-bond donors (Lipinski definition) is 3. The van der Waals surface area contributed by atoms with Gasteiger partial charge in [0, 0.05) is 41.3 Å². The van der Waals surface area contributed by atoms with Crippen LogP contribution >= 0.6 is 23.5 Å². The van der Waals surface area contributed by atoms with Crippen LogP contribution in [0.1, 0.15) is 28.9 Å². The molecule has 0 aliphatic carbocycles. The molecule has 9 heteroatoms. The summed E-state index contributed by atoms with van der Waals surface area (Å²) in [5.74, 6) is 5.14. The summed E-state index contributed by atoms with van der Waals surface area (Å²) in [5.41, 5.74) is 4.15. The molecule has 0 bridgehead atoms. The Morgan fingerprint density at radius 2 is 1.90 bits per heavy atom. The van der Waals surface area contributed by atoms with E-state index in [9.17, 15) is 4.79 Å². The molecule has 0 saturated heterocycles.